The van der Waals surface area contributed by atoms with Crippen molar-refractivity contribution in [3.05, 3.63) is 0 Å². The monoisotopic (exact) mass is 143 g/mol. The molecule has 36 valence electrons. The largest absolute Gasteiger partial charge is 1.00 e. The molecule has 0 aliphatic heterocycles. The summed E-state index contributed by atoms with van der Waals surface area (Å²) in [6.07, 6.45) is 0. The summed E-state index contributed by atoms with van der Waals surface area (Å²) >= 11 is 0. The third-order valence-electron chi connectivity index (χ3n) is 0. The van der Waals surface area contributed by atoms with E-state index in [-0.39, 0.29) is 62.0 Å². The Balaban J connectivity index is -0.0000000133. The van der Waals surface area contributed by atoms with Crippen molar-refractivity contribution >= 4 is 7.59 Å². The molecule has 0 unspecified atom stereocenters. The van der Waals surface area contributed by atoms with Gasteiger partial charge in [0.15, 0.2) is 0 Å². The van der Waals surface area contributed by atoms with E-state index in [1.54, 1.807) is 0 Å². The predicted octanol–water partition coefficient (Wildman–Crippen LogP) is -6.80. The normalized spacial score (nSPS) is 8.43. The van der Waals surface area contributed by atoms with Crippen LogP contribution in [0.25, 0.3) is 0 Å². The van der Waals surface area contributed by atoms with Crippen molar-refractivity contribution in [2.45, 2.75) is 0 Å². The van der Waals surface area contributed by atoms with Crippen molar-refractivity contribution in [3.8, 4) is 0 Å². The number of hydrogen-bond donors (Lipinski definition) is 3. The average Bonchev–Trinajstić information content (AvgIpc) is 0.722. The molecule has 4 nitrogen and oxygen atoms in total. The van der Waals surface area contributed by atoms with Gasteiger partial charge in [-0.15, -0.1) is 0 Å². The molecule has 0 heterocycles. The average molecular weight is 143 g/mol. The Hall–Kier alpha value is 2.11. The first-order chi connectivity index (χ1) is 2.00. The molecule has 7 heavy (non-hydrogen) atoms. The fourth-order valence-corrected chi connectivity index (χ4v) is 0. The van der Waals surface area contributed by atoms with Gasteiger partial charge in [0.1, 0.15) is 0 Å². The molecule has 0 aliphatic rings. The summed E-state index contributed by atoms with van der Waals surface area (Å²) < 4.78 is 9.55. The third kappa shape index (κ3) is 68.0. The maximum absolute atomic E-state index is 9.55. The third-order valence-corrected chi connectivity index (χ3v) is 0. The van der Waals surface area contributed by atoms with E-state index in [4.69, 9.17) is 0 Å². The van der Waals surface area contributed by atoms with Crippen LogP contribution in [-0.4, -0.2) is 0 Å². The first-order valence-corrected chi connectivity index (χ1v) is 2.87. The Morgan fingerprint density at radius 2 is 1.14 bits per heavy atom. The molecule has 6 N–H and O–H groups in total. The molecular weight excluding hydrogens is 135 g/mol. The van der Waals surface area contributed by atoms with Gasteiger partial charge >= 0.3 is 59.1 Å². The van der Waals surface area contributed by atoms with E-state index in [0.717, 1.165) is 0 Å². The van der Waals surface area contributed by atoms with E-state index in [2.05, 4.69) is 16.5 Å². The minimum atomic E-state index is -3.14. The van der Waals surface area contributed by atoms with Crippen LogP contribution in [0, 0.1) is 0 Å². The Bertz CT molecular complexity index is 65.9. The molecule has 0 fully saturated rings. The summed E-state index contributed by atoms with van der Waals surface area (Å²) in [7, 11) is -3.14. The smallest absolute Gasteiger partial charge is 1.00 e. The molecule has 0 rings (SSSR count). The van der Waals surface area contributed by atoms with E-state index in [9.17, 15) is 4.57 Å². The molecule has 0 saturated carbocycles. The van der Waals surface area contributed by atoms with Crippen LogP contribution < -0.4 is 75.6 Å². The second-order valence-corrected chi connectivity index (χ2v) is 2.29. The Kier molecular flexibility index (Phi) is 14.3. The molecule has 0 saturated heterocycles. The summed E-state index contributed by atoms with van der Waals surface area (Å²) in [5.41, 5.74) is 13.4. The van der Waals surface area contributed by atoms with E-state index in [0.29, 0.717) is 0 Å². The molecular formula is H8N3Na2OP. The van der Waals surface area contributed by atoms with Gasteiger partial charge in [0.05, 0.1) is 0 Å². The molecule has 0 radical (unpaired) electrons. The molecule has 0 aromatic carbocycles. The maximum atomic E-state index is 9.55. The van der Waals surface area contributed by atoms with Crippen LogP contribution in [0.2, 0.25) is 0 Å². The predicted molar refractivity (Wildman–Crippen MR) is 22.4 cm³/mol. The summed E-state index contributed by atoms with van der Waals surface area (Å²) in [5.74, 6) is 0. The molecule has 0 amide bonds. The van der Waals surface area contributed by atoms with Crippen molar-refractivity contribution in [1.82, 2.24) is 0 Å². The van der Waals surface area contributed by atoms with Gasteiger partial charge in [0.2, 0.25) is 0 Å². The van der Waals surface area contributed by atoms with Crippen molar-refractivity contribution in [1.29, 1.82) is 0 Å². The van der Waals surface area contributed by atoms with Crippen LogP contribution in [0.1, 0.15) is 2.85 Å². The van der Waals surface area contributed by atoms with Gasteiger partial charge < -0.3 is 2.85 Å². The van der Waals surface area contributed by atoms with Gasteiger partial charge in [-0.2, -0.15) is 0 Å². The zero-order valence-corrected chi connectivity index (χ0v) is 9.48. The second-order valence-electron chi connectivity index (χ2n) is 0.763. The summed E-state index contributed by atoms with van der Waals surface area (Å²) in [6.45, 7) is 0. The SMILES string of the molecule is NP(N)(N)=O.[H-].[H-].[Na+].[Na+]. The molecule has 0 aromatic rings. The van der Waals surface area contributed by atoms with E-state index in [1.807, 2.05) is 0 Å². The maximum Gasteiger partial charge on any atom is 1.00 e. The number of nitrogens with two attached hydrogens (primary N) is 3. The van der Waals surface area contributed by atoms with Crippen LogP contribution in [0.4, 0.5) is 0 Å². The Morgan fingerprint density at radius 3 is 1.14 bits per heavy atom. The zero-order chi connectivity index (χ0) is 4.50. The van der Waals surface area contributed by atoms with Gasteiger partial charge in [0, 0.05) is 0 Å². The van der Waals surface area contributed by atoms with Gasteiger partial charge in [-0.1, -0.05) is 0 Å². The second kappa shape index (κ2) is 6.23. The van der Waals surface area contributed by atoms with Gasteiger partial charge in [-0.25, -0.2) is 0 Å². The summed E-state index contributed by atoms with van der Waals surface area (Å²) in [6, 6.07) is 0. The standard InChI is InChI=1S/H6N3OP.2Na.2H/c1-5(2,3)4;;;;/h(H6,1,2,3,4);;;;/q;2*+1;2*-1. The first-order valence-electron chi connectivity index (χ1n) is 0.957. The fourth-order valence-electron chi connectivity index (χ4n) is 0. The molecule has 0 aromatic heterocycles. The van der Waals surface area contributed by atoms with Crippen LogP contribution in [-0.2, 0) is 4.57 Å². The quantitative estimate of drug-likeness (QED) is 0.232. The fraction of sp³-hybridized carbons (Fsp3) is 0. The van der Waals surface area contributed by atoms with Crippen molar-refractivity contribution in [2.75, 3.05) is 0 Å². The van der Waals surface area contributed by atoms with Gasteiger partial charge in [-0.3, -0.25) is 21.1 Å². The zero-order valence-electron chi connectivity index (χ0n) is 6.59. The van der Waals surface area contributed by atoms with Crippen molar-refractivity contribution < 1.29 is 66.5 Å². The van der Waals surface area contributed by atoms with E-state index >= 15 is 0 Å². The molecule has 7 heteroatoms. The van der Waals surface area contributed by atoms with Crippen molar-refractivity contribution in [3.63, 3.8) is 0 Å². The minimum Gasteiger partial charge on any atom is -1.00 e. The van der Waals surface area contributed by atoms with Crippen LogP contribution in [0.5, 0.6) is 0 Å². The van der Waals surface area contributed by atoms with Crippen molar-refractivity contribution in [2.24, 2.45) is 16.5 Å². The number of hydrogen-bond acceptors (Lipinski definition) is 1. The first kappa shape index (κ1) is 16.1. The molecule has 0 spiro atoms. The van der Waals surface area contributed by atoms with Gasteiger partial charge in [0.25, 0.3) is 7.59 Å². The van der Waals surface area contributed by atoms with Crippen LogP contribution in [0.15, 0.2) is 0 Å². The molecule has 0 bridgehead atoms. The van der Waals surface area contributed by atoms with Crippen LogP contribution >= 0.6 is 7.59 Å². The Labute approximate surface area is 89.6 Å². The summed E-state index contributed by atoms with van der Waals surface area (Å²) in [5, 5.41) is 0. The topological polar surface area (TPSA) is 95.1 Å². The van der Waals surface area contributed by atoms with Crippen LogP contribution in [0.3, 0.4) is 0 Å². The Morgan fingerprint density at radius 1 is 1.14 bits per heavy atom. The molecule has 0 atom stereocenters. The van der Waals surface area contributed by atoms with E-state index < -0.39 is 7.59 Å². The number of rotatable bonds is 0. The summed E-state index contributed by atoms with van der Waals surface area (Å²) in [4.78, 5) is 0. The minimum absolute atomic E-state index is 0. The molecule has 0 aliphatic carbocycles. The van der Waals surface area contributed by atoms with E-state index in [1.165, 1.54) is 0 Å². The van der Waals surface area contributed by atoms with Gasteiger partial charge in [-0.05, 0) is 0 Å².